The van der Waals surface area contributed by atoms with Crippen LogP contribution in [-0.4, -0.2) is 36.0 Å². The number of aromatic carboxylic acids is 1. The minimum absolute atomic E-state index is 0.105. The SMILES string of the molecule is CN(C)C(=O)c1ccc(-c2cc(Cl)ccc2C(=O)O)cc1. The highest BCUT2D eigenvalue weighted by molar-refractivity contribution is 6.31. The van der Waals surface area contributed by atoms with Crippen molar-refractivity contribution in [2.45, 2.75) is 0 Å². The van der Waals surface area contributed by atoms with Crippen LogP contribution in [0.1, 0.15) is 20.7 Å². The van der Waals surface area contributed by atoms with E-state index in [1.54, 1.807) is 50.5 Å². The number of carbonyl (C=O) groups is 2. The van der Waals surface area contributed by atoms with Crippen molar-refractivity contribution in [1.82, 2.24) is 4.90 Å². The molecule has 0 radical (unpaired) electrons. The Kier molecular flexibility index (Phi) is 4.29. The molecule has 0 spiro atoms. The molecule has 4 nitrogen and oxygen atoms in total. The van der Waals surface area contributed by atoms with Gasteiger partial charge >= 0.3 is 5.97 Å². The number of carboxylic acid groups (broad SMARTS) is 1. The van der Waals surface area contributed by atoms with Crippen LogP contribution in [0.5, 0.6) is 0 Å². The highest BCUT2D eigenvalue weighted by Gasteiger charge is 2.13. The van der Waals surface area contributed by atoms with Crippen LogP contribution < -0.4 is 0 Å². The highest BCUT2D eigenvalue weighted by Crippen LogP contribution is 2.27. The maximum Gasteiger partial charge on any atom is 0.336 e. The maximum absolute atomic E-state index is 11.8. The molecule has 0 aliphatic carbocycles. The monoisotopic (exact) mass is 303 g/mol. The summed E-state index contributed by atoms with van der Waals surface area (Å²) in [5.74, 6) is -1.12. The number of carboxylic acids is 1. The Bertz CT molecular complexity index is 693. The van der Waals surface area contributed by atoms with Crippen LogP contribution in [0.15, 0.2) is 42.5 Å². The summed E-state index contributed by atoms with van der Waals surface area (Å²) in [7, 11) is 3.35. The molecule has 2 aromatic carbocycles. The van der Waals surface area contributed by atoms with E-state index in [0.717, 1.165) is 0 Å². The predicted molar refractivity (Wildman–Crippen MR) is 81.9 cm³/mol. The molecule has 5 heteroatoms. The summed E-state index contributed by atoms with van der Waals surface area (Å²) in [6.07, 6.45) is 0. The molecular weight excluding hydrogens is 290 g/mol. The number of halogens is 1. The van der Waals surface area contributed by atoms with Gasteiger partial charge in [-0.2, -0.15) is 0 Å². The molecule has 108 valence electrons. The number of nitrogens with zero attached hydrogens (tertiary/aromatic N) is 1. The first kappa shape index (κ1) is 15.1. The second-order valence-electron chi connectivity index (χ2n) is 4.77. The molecule has 21 heavy (non-hydrogen) atoms. The van der Waals surface area contributed by atoms with Crippen molar-refractivity contribution >= 4 is 23.5 Å². The summed E-state index contributed by atoms with van der Waals surface area (Å²) in [5.41, 5.74) is 1.94. The molecule has 0 heterocycles. The van der Waals surface area contributed by atoms with E-state index in [0.29, 0.717) is 21.7 Å². The smallest absolute Gasteiger partial charge is 0.336 e. The number of amides is 1. The summed E-state index contributed by atoms with van der Waals surface area (Å²) in [4.78, 5) is 24.6. The number of benzene rings is 2. The molecule has 0 saturated carbocycles. The Labute approximate surface area is 127 Å². The molecule has 0 aliphatic rings. The van der Waals surface area contributed by atoms with E-state index >= 15 is 0 Å². The summed E-state index contributed by atoms with van der Waals surface area (Å²) >= 11 is 5.94. The Morgan fingerprint density at radius 1 is 1.05 bits per heavy atom. The highest BCUT2D eigenvalue weighted by atomic mass is 35.5. The molecule has 0 atom stereocenters. The quantitative estimate of drug-likeness (QED) is 0.945. The molecule has 1 N–H and O–H groups in total. The van der Waals surface area contributed by atoms with Crippen molar-refractivity contribution in [1.29, 1.82) is 0 Å². The second-order valence-corrected chi connectivity index (χ2v) is 5.21. The molecular formula is C16H14ClNO3. The van der Waals surface area contributed by atoms with Gasteiger partial charge in [-0.05, 0) is 41.5 Å². The lowest BCUT2D eigenvalue weighted by Gasteiger charge is -2.11. The molecule has 0 aliphatic heterocycles. The Morgan fingerprint density at radius 2 is 1.67 bits per heavy atom. The molecule has 0 unspecified atom stereocenters. The zero-order valence-electron chi connectivity index (χ0n) is 11.6. The van der Waals surface area contributed by atoms with Gasteiger partial charge in [0.2, 0.25) is 0 Å². The van der Waals surface area contributed by atoms with Crippen LogP contribution in [0.4, 0.5) is 0 Å². The van der Waals surface area contributed by atoms with Gasteiger partial charge in [-0.15, -0.1) is 0 Å². The summed E-state index contributed by atoms with van der Waals surface area (Å²) in [5, 5.41) is 9.69. The van der Waals surface area contributed by atoms with Gasteiger partial charge < -0.3 is 10.0 Å². The number of carbonyl (C=O) groups excluding carboxylic acids is 1. The number of hydrogen-bond acceptors (Lipinski definition) is 2. The van der Waals surface area contributed by atoms with Crippen LogP contribution in [0.25, 0.3) is 11.1 Å². The summed E-state index contributed by atoms with van der Waals surface area (Å²) < 4.78 is 0. The average Bonchev–Trinajstić information content (AvgIpc) is 2.46. The lowest BCUT2D eigenvalue weighted by atomic mass is 9.98. The lowest BCUT2D eigenvalue weighted by molar-refractivity contribution is 0.0697. The first-order valence-electron chi connectivity index (χ1n) is 6.25. The van der Waals surface area contributed by atoms with Gasteiger partial charge in [0, 0.05) is 24.7 Å². The molecule has 0 bridgehead atoms. The van der Waals surface area contributed by atoms with E-state index in [1.807, 2.05) is 0 Å². The first-order valence-corrected chi connectivity index (χ1v) is 6.63. The van der Waals surface area contributed by atoms with Gasteiger partial charge in [0.05, 0.1) is 5.56 Å². The van der Waals surface area contributed by atoms with Gasteiger partial charge in [-0.3, -0.25) is 4.79 Å². The number of hydrogen-bond donors (Lipinski definition) is 1. The standard InChI is InChI=1S/C16H14ClNO3/c1-18(2)15(19)11-5-3-10(4-6-11)14-9-12(17)7-8-13(14)16(20)21/h3-9H,1-2H3,(H,20,21). The topological polar surface area (TPSA) is 57.6 Å². The largest absolute Gasteiger partial charge is 0.478 e. The Morgan fingerprint density at radius 3 is 2.19 bits per heavy atom. The minimum atomic E-state index is -1.02. The van der Waals surface area contributed by atoms with Crippen molar-refractivity contribution < 1.29 is 14.7 Å². The molecule has 2 aromatic rings. The fourth-order valence-corrected chi connectivity index (χ4v) is 2.16. The van der Waals surface area contributed by atoms with Gasteiger partial charge in [-0.1, -0.05) is 23.7 Å². The fourth-order valence-electron chi connectivity index (χ4n) is 1.99. The summed E-state index contributed by atoms with van der Waals surface area (Å²) in [6, 6.07) is 11.4. The van der Waals surface area contributed by atoms with Crippen LogP contribution >= 0.6 is 11.6 Å². The van der Waals surface area contributed by atoms with Crippen molar-refractivity contribution in [2.24, 2.45) is 0 Å². The fraction of sp³-hybridized carbons (Fsp3) is 0.125. The van der Waals surface area contributed by atoms with Crippen LogP contribution in [-0.2, 0) is 0 Å². The van der Waals surface area contributed by atoms with Crippen LogP contribution in [0, 0.1) is 0 Å². The lowest BCUT2D eigenvalue weighted by Crippen LogP contribution is -2.21. The number of rotatable bonds is 3. The van der Waals surface area contributed by atoms with Crippen LogP contribution in [0.2, 0.25) is 5.02 Å². The van der Waals surface area contributed by atoms with Gasteiger partial charge in [-0.25, -0.2) is 4.79 Å². The maximum atomic E-state index is 11.8. The molecule has 2 rings (SSSR count). The molecule has 1 amide bonds. The van der Waals surface area contributed by atoms with Gasteiger partial charge in [0.15, 0.2) is 0 Å². The van der Waals surface area contributed by atoms with E-state index in [4.69, 9.17) is 11.6 Å². The van der Waals surface area contributed by atoms with Crippen LogP contribution in [0.3, 0.4) is 0 Å². The van der Waals surface area contributed by atoms with E-state index in [1.165, 1.54) is 11.0 Å². The van der Waals surface area contributed by atoms with Gasteiger partial charge in [0.25, 0.3) is 5.91 Å². The minimum Gasteiger partial charge on any atom is -0.478 e. The zero-order chi connectivity index (χ0) is 15.6. The van der Waals surface area contributed by atoms with E-state index in [2.05, 4.69) is 0 Å². The second kappa shape index (κ2) is 5.97. The molecule has 0 aromatic heterocycles. The van der Waals surface area contributed by atoms with Crippen molar-refractivity contribution in [3.63, 3.8) is 0 Å². The normalized spacial score (nSPS) is 10.2. The van der Waals surface area contributed by atoms with Crippen molar-refractivity contribution in [3.05, 3.63) is 58.6 Å². The van der Waals surface area contributed by atoms with E-state index in [-0.39, 0.29) is 11.5 Å². The Balaban J connectivity index is 2.46. The zero-order valence-corrected chi connectivity index (χ0v) is 12.4. The predicted octanol–water partition coefficient (Wildman–Crippen LogP) is 3.41. The third kappa shape index (κ3) is 3.23. The average molecular weight is 304 g/mol. The van der Waals surface area contributed by atoms with Gasteiger partial charge in [0.1, 0.15) is 0 Å². The van der Waals surface area contributed by atoms with Crippen molar-refractivity contribution in [2.75, 3.05) is 14.1 Å². The van der Waals surface area contributed by atoms with E-state index in [9.17, 15) is 14.7 Å². The molecule has 0 fully saturated rings. The van der Waals surface area contributed by atoms with Crippen molar-refractivity contribution in [3.8, 4) is 11.1 Å². The summed E-state index contributed by atoms with van der Waals surface area (Å²) in [6.45, 7) is 0. The third-order valence-electron chi connectivity index (χ3n) is 3.06. The first-order chi connectivity index (χ1) is 9.90. The Hall–Kier alpha value is -2.33. The van der Waals surface area contributed by atoms with E-state index < -0.39 is 5.97 Å². The molecule has 0 saturated heterocycles. The third-order valence-corrected chi connectivity index (χ3v) is 3.30.